The Morgan fingerprint density at radius 3 is 2.69 bits per heavy atom. The highest BCUT2D eigenvalue weighted by Gasteiger charge is 2.28. The summed E-state index contributed by atoms with van der Waals surface area (Å²) in [5.41, 5.74) is 0. The zero-order valence-electron chi connectivity index (χ0n) is 8.53. The van der Waals surface area contributed by atoms with Crippen LogP contribution in [0.1, 0.15) is 13.3 Å². The van der Waals surface area contributed by atoms with Crippen LogP contribution in [0.3, 0.4) is 0 Å². The van der Waals surface area contributed by atoms with Gasteiger partial charge in [0.05, 0.1) is 12.5 Å². The summed E-state index contributed by atoms with van der Waals surface area (Å²) in [6, 6.07) is 0.342. The summed E-state index contributed by atoms with van der Waals surface area (Å²) in [5, 5.41) is 9.25. The number of aliphatic hydroxyl groups is 1. The number of likely N-dealkylation sites (N-methyl/N-ethyl adjacent to an activating group) is 1. The molecule has 13 heavy (non-hydrogen) atoms. The summed E-state index contributed by atoms with van der Waals surface area (Å²) in [6.45, 7) is 3.28. The first kappa shape index (κ1) is 10.5. The largest absolute Gasteiger partial charge is 0.391 e. The van der Waals surface area contributed by atoms with Crippen LogP contribution in [0.4, 0.5) is 0 Å². The first-order valence-electron chi connectivity index (χ1n) is 4.63. The average molecular weight is 186 g/mol. The molecule has 0 spiro atoms. The van der Waals surface area contributed by atoms with Crippen molar-refractivity contribution in [3.63, 3.8) is 0 Å². The van der Waals surface area contributed by atoms with Gasteiger partial charge in [-0.3, -0.25) is 4.79 Å². The molecule has 0 saturated carbocycles. The highest BCUT2D eigenvalue weighted by Crippen LogP contribution is 2.11. The van der Waals surface area contributed by atoms with Crippen LogP contribution in [-0.2, 0) is 4.79 Å². The van der Waals surface area contributed by atoms with E-state index in [9.17, 15) is 9.90 Å². The molecule has 4 heteroatoms. The predicted molar refractivity (Wildman–Crippen MR) is 50.4 cm³/mol. The number of aliphatic hydroxyl groups excluding tert-OH is 1. The lowest BCUT2D eigenvalue weighted by Crippen LogP contribution is -2.39. The second kappa shape index (κ2) is 4.07. The average Bonchev–Trinajstić information content (AvgIpc) is 2.30. The fraction of sp³-hybridized carbons (Fsp3) is 0.889. The second-order valence-electron chi connectivity index (χ2n) is 3.97. The summed E-state index contributed by atoms with van der Waals surface area (Å²) < 4.78 is 0. The fourth-order valence-corrected chi connectivity index (χ4v) is 1.41. The van der Waals surface area contributed by atoms with Crippen molar-refractivity contribution in [2.75, 3.05) is 27.2 Å². The maximum absolute atomic E-state index is 11.3. The second-order valence-corrected chi connectivity index (χ2v) is 3.97. The van der Waals surface area contributed by atoms with Gasteiger partial charge in [0.25, 0.3) is 0 Å². The molecule has 0 bridgehead atoms. The fourth-order valence-electron chi connectivity index (χ4n) is 1.41. The molecule has 2 atom stereocenters. The number of amides is 1. The summed E-state index contributed by atoms with van der Waals surface area (Å²) in [5.74, 6) is 0.0706. The lowest BCUT2D eigenvalue weighted by atomic mass is 10.3. The Hall–Kier alpha value is -0.610. The molecule has 2 unspecified atom stereocenters. The van der Waals surface area contributed by atoms with E-state index < -0.39 is 6.10 Å². The van der Waals surface area contributed by atoms with Crippen molar-refractivity contribution in [2.45, 2.75) is 25.5 Å². The Balaban J connectivity index is 2.41. The van der Waals surface area contributed by atoms with Gasteiger partial charge in [-0.15, -0.1) is 0 Å². The maximum atomic E-state index is 11.3. The molecule has 0 aromatic heterocycles. The molecule has 1 aliphatic rings. The zero-order chi connectivity index (χ0) is 10.0. The Bertz CT molecular complexity index is 194. The molecule has 1 aliphatic heterocycles. The van der Waals surface area contributed by atoms with Gasteiger partial charge in [0, 0.05) is 19.1 Å². The molecule has 76 valence electrons. The van der Waals surface area contributed by atoms with Gasteiger partial charge in [-0.1, -0.05) is 0 Å². The van der Waals surface area contributed by atoms with Crippen LogP contribution in [0.25, 0.3) is 0 Å². The van der Waals surface area contributed by atoms with Gasteiger partial charge in [-0.05, 0) is 21.0 Å². The SMILES string of the molecule is CC(CN1CC(O)CC1=O)N(C)C. The molecule has 1 fully saturated rings. The van der Waals surface area contributed by atoms with Gasteiger partial charge < -0.3 is 14.9 Å². The number of carbonyl (C=O) groups is 1. The van der Waals surface area contributed by atoms with E-state index in [0.717, 1.165) is 0 Å². The van der Waals surface area contributed by atoms with E-state index in [1.807, 2.05) is 14.1 Å². The molecule has 0 aromatic carbocycles. The van der Waals surface area contributed by atoms with Gasteiger partial charge in [-0.25, -0.2) is 0 Å². The monoisotopic (exact) mass is 186 g/mol. The summed E-state index contributed by atoms with van der Waals surface area (Å²) >= 11 is 0. The first-order chi connectivity index (χ1) is 6.00. The minimum absolute atomic E-state index is 0.0706. The van der Waals surface area contributed by atoms with Gasteiger partial charge in [0.2, 0.25) is 5.91 Å². The van der Waals surface area contributed by atoms with E-state index in [1.54, 1.807) is 4.90 Å². The van der Waals surface area contributed by atoms with Crippen LogP contribution in [0, 0.1) is 0 Å². The Labute approximate surface area is 79.1 Å². The summed E-state index contributed by atoms with van der Waals surface area (Å²) in [4.78, 5) is 15.1. The molecule has 1 rings (SSSR count). The van der Waals surface area contributed by atoms with E-state index >= 15 is 0 Å². The maximum Gasteiger partial charge on any atom is 0.225 e. The lowest BCUT2D eigenvalue weighted by molar-refractivity contribution is -0.128. The van der Waals surface area contributed by atoms with Crippen molar-refractivity contribution in [3.8, 4) is 0 Å². The molecule has 1 amide bonds. The Morgan fingerprint density at radius 1 is 1.69 bits per heavy atom. The molecule has 0 radical (unpaired) electrons. The van der Waals surface area contributed by atoms with Crippen LogP contribution in [0.2, 0.25) is 0 Å². The van der Waals surface area contributed by atoms with Crippen LogP contribution < -0.4 is 0 Å². The molecular weight excluding hydrogens is 168 g/mol. The van der Waals surface area contributed by atoms with Crippen molar-refractivity contribution < 1.29 is 9.90 Å². The molecule has 1 heterocycles. The smallest absolute Gasteiger partial charge is 0.225 e. The number of rotatable bonds is 3. The molecular formula is C9H18N2O2. The predicted octanol–water partition coefficient (Wildman–Crippen LogP) is -0.470. The highest BCUT2D eigenvalue weighted by molar-refractivity contribution is 5.79. The Kier molecular flexibility index (Phi) is 3.27. The number of likely N-dealkylation sites (tertiary alicyclic amines) is 1. The van der Waals surface area contributed by atoms with Gasteiger partial charge >= 0.3 is 0 Å². The van der Waals surface area contributed by atoms with Crippen molar-refractivity contribution in [1.82, 2.24) is 9.80 Å². The molecule has 4 nitrogen and oxygen atoms in total. The molecule has 0 aliphatic carbocycles. The summed E-state index contributed by atoms with van der Waals surface area (Å²) in [7, 11) is 3.98. The van der Waals surface area contributed by atoms with Gasteiger partial charge in [0.1, 0.15) is 0 Å². The van der Waals surface area contributed by atoms with Crippen LogP contribution in [0.5, 0.6) is 0 Å². The number of β-amino-alcohol motifs (C(OH)–C–C–N with tert-alkyl or cyclic N) is 1. The van der Waals surface area contributed by atoms with Crippen molar-refractivity contribution >= 4 is 5.91 Å². The third kappa shape index (κ3) is 2.67. The normalized spacial score (nSPS) is 25.8. The van der Waals surface area contributed by atoms with E-state index in [1.165, 1.54) is 0 Å². The standard InChI is InChI=1S/C9H18N2O2/c1-7(10(2)3)5-11-6-8(12)4-9(11)13/h7-8,12H,4-6H2,1-3H3. The highest BCUT2D eigenvalue weighted by atomic mass is 16.3. The quantitative estimate of drug-likeness (QED) is 0.648. The van der Waals surface area contributed by atoms with Gasteiger partial charge in [-0.2, -0.15) is 0 Å². The number of carbonyl (C=O) groups excluding carboxylic acids is 1. The minimum Gasteiger partial charge on any atom is -0.391 e. The third-order valence-corrected chi connectivity index (χ3v) is 2.56. The first-order valence-corrected chi connectivity index (χ1v) is 4.63. The topological polar surface area (TPSA) is 43.8 Å². The summed E-state index contributed by atoms with van der Waals surface area (Å²) in [6.07, 6.45) is -0.165. The van der Waals surface area contributed by atoms with E-state index in [2.05, 4.69) is 11.8 Å². The van der Waals surface area contributed by atoms with Crippen LogP contribution in [0.15, 0.2) is 0 Å². The molecule has 1 saturated heterocycles. The molecule has 0 aromatic rings. The third-order valence-electron chi connectivity index (χ3n) is 2.56. The number of hydrogen-bond donors (Lipinski definition) is 1. The van der Waals surface area contributed by atoms with Gasteiger partial charge in [0.15, 0.2) is 0 Å². The zero-order valence-corrected chi connectivity index (χ0v) is 8.53. The van der Waals surface area contributed by atoms with Crippen molar-refractivity contribution in [1.29, 1.82) is 0 Å². The van der Waals surface area contributed by atoms with Crippen LogP contribution >= 0.6 is 0 Å². The van der Waals surface area contributed by atoms with E-state index in [-0.39, 0.29) is 5.91 Å². The van der Waals surface area contributed by atoms with E-state index in [4.69, 9.17) is 0 Å². The van der Waals surface area contributed by atoms with Crippen molar-refractivity contribution in [3.05, 3.63) is 0 Å². The lowest BCUT2D eigenvalue weighted by Gasteiger charge is -2.25. The minimum atomic E-state index is -0.457. The van der Waals surface area contributed by atoms with Crippen LogP contribution in [-0.4, -0.2) is 60.1 Å². The Morgan fingerprint density at radius 2 is 2.31 bits per heavy atom. The molecule has 1 N–H and O–H groups in total. The van der Waals surface area contributed by atoms with Crippen molar-refractivity contribution in [2.24, 2.45) is 0 Å². The number of hydrogen-bond acceptors (Lipinski definition) is 3. The number of nitrogens with zero attached hydrogens (tertiary/aromatic N) is 2. The van der Waals surface area contributed by atoms with E-state index in [0.29, 0.717) is 25.6 Å².